The zero-order valence-corrected chi connectivity index (χ0v) is 13.0. The number of aromatic nitrogens is 1. The van der Waals surface area contributed by atoms with Gasteiger partial charge in [0.1, 0.15) is 16.8 Å². The third-order valence-corrected chi connectivity index (χ3v) is 3.41. The van der Waals surface area contributed by atoms with E-state index >= 15 is 0 Å². The zero-order chi connectivity index (χ0) is 15.4. The SMILES string of the molecule is O=C(NCCc1cc(F)cc(F)c1)c1cc(Br)cnc1Cl. The summed E-state index contributed by atoms with van der Waals surface area (Å²) in [6.45, 7) is 0.227. The number of amides is 1. The van der Waals surface area contributed by atoms with Crippen molar-refractivity contribution in [1.29, 1.82) is 0 Å². The van der Waals surface area contributed by atoms with Gasteiger partial charge in [-0.15, -0.1) is 0 Å². The minimum Gasteiger partial charge on any atom is -0.352 e. The van der Waals surface area contributed by atoms with E-state index in [1.54, 1.807) is 6.07 Å². The average Bonchev–Trinajstić information content (AvgIpc) is 2.40. The van der Waals surface area contributed by atoms with Gasteiger partial charge in [0, 0.05) is 23.3 Å². The van der Waals surface area contributed by atoms with Crippen LogP contribution in [0.3, 0.4) is 0 Å². The van der Waals surface area contributed by atoms with Gasteiger partial charge in [0.05, 0.1) is 5.56 Å². The Kier molecular flexibility index (Phi) is 5.25. The lowest BCUT2D eigenvalue weighted by molar-refractivity contribution is 0.0954. The Bertz CT molecular complexity index is 662. The zero-order valence-electron chi connectivity index (χ0n) is 10.7. The highest BCUT2D eigenvalue weighted by Crippen LogP contribution is 2.17. The number of carbonyl (C=O) groups excluding carboxylic acids is 1. The van der Waals surface area contributed by atoms with Crippen LogP contribution in [0.1, 0.15) is 15.9 Å². The number of benzene rings is 1. The van der Waals surface area contributed by atoms with Gasteiger partial charge in [0.15, 0.2) is 0 Å². The molecule has 0 saturated carbocycles. The third-order valence-electron chi connectivity index (χ3n) is 2.67. The van der Waals surface area contributed by atoms with E-state index < -0.39 is 17.5 Å². The minimum absolute atomic E-state index is 0.0903. The van der Waals surface area contributed by atoms with Crippen LogP contribution in [0.15, 0.2) is 34.9 Å². The molecule has 7 heteroatoms. The van der Waals surface area contributed by atoms with Gasteiger partial charge in [-0.1, -0.05) is 11.6 Å². The Morgan fingerprint density at radius 1 is 1.24 bits per heavy atom. The molecule has 0 atom stereocenters. The molecule has 21 heavy (non-hydrogen) atoms. The Hall–Kier alpha value is -1.53. The highest BCUT2D eigenvalue weighted by Gasteiger charge is 2.11. The largest absolute Gasteiger partial charge is 0.352 e. The predicted molar refractivity (Wildman–Crippen MR) is 79.3 cm³/mol. The van der Waals surface area contributed by atoms with E-state index in [1.807, 2.05) is 0 Å². The van der Waals surface area contributed by atoms with Gasteiger partial charge in [0.25, 0.3) is 5.91 Å². The maximum Gasteiger partial charge on any atom is 0.254 e. The second-order valence-electron chi connectivity index (χ2n) is 4.28. The fourth-order valence-corrected chi connectivity index (χ4v) is 2.27. The maximum absolute atomic E-state index is 13.0. The lowest BCUT2D eigenvalue weighted by Crippen LogP contribution is -2.26. The van der Waals surface area contributed by atoms with Crippen LogP contribution in [0.5, 0.6) is 0 Å². The van der Waals surface area contributed by atoms with Crippen molar-refractivity contribution in [3.8, 4) is 0 Å². The minimum atomic E-state index is -0.643. The molecule has 0 saturated heterocycles. The summed E-state index contributed by atoms with van der Waals surface area (Å²) in [6, 6.07) is 4.80. The molecule has 2 rings (SSSR count). The summed E-state index contributed by atoms with van der Waals surface area (Å²) in [7, 11) is 0. The summed E-state index contributed by atoms with van der Waals surface area (Å²) in [5.41, 5.74) is 0.697. The number of nitrogens with zero attached hydrogens (tertiary/aromatic N) is 1. The number of nitrogens with one attached hydrogen (secondary N) is 1. The number of hydrogen-bond acceptors (Lipinski definition) is 2. The molecule has 3 nitrogen and oxygen atoms in total. The van der Waals surface area contributed by atoms with Gasteiger partial charge in [-0.3, -0.25) is 4.79 Å². The number of carbonyl (C=O) groups is 1. The second-order valence-corrected chi connectivity index (χ2v) is 5.55. The molecule has 1 heterocycles. The third kappa shape index (κ3) is 4.47. The number of rotatable bonds is 4. The molecule has 1 N–H and O–H groups in total. The summed E-state index contributed by atoms with van der Waals surface area (Å²) < 4.78 is 26.7. The van der Waals surface area contributed by atoms with Gasteiger partial charge in [-0.05, 0) is 46.1 Å². The number of pyridine rings is 1. The topological polar surface area (TPSA) is 42.0 Å². The van der Waals surface area contributed by atoms with Crippen molar-refractivity contribution >= 4 is 33.4 Å². The van der Waals surface area contributed by atoms with E-state index in [-0.39, 0.29) is 17.3 Å². The molecule has 0 fully saturated rings. The monoisotopic (exact) mass is 374 g/mol. The number of hydrogen-bond donors (Lipinski definition) is 1. The Morgan fingerprint density at radius 3 is 2.57 bits per heavy atom. The van der Waals surface area contributed by atoms with Crippen molar-refractivity contribution in [1.82, 2.24) is 10.3 Å². The van der Waals surface area contributed by atoms with Gasteiger partial charge in [0.2, 0.25) is 0 Å². The molecule has 110 valence electrons. The van der Waals surface area contributed by atoms with Gasteiger partial charge < -0.3 is 5.32 Å². The first-order valence-corrected chi connectivity index (χ1v) is 7.17. The van der Waals surface area contributed by atoms with E-state index in [1.165, 1.54) is 18.3 Å². The molecule has 1 aromatic carbocycles. The molecule has 2 aromatic rings. The Morgan fingerprint density at radius 2 is 1.90 bits per heavy atom. The van der Waals surface area contributed by atoms with Gasteiger partial charge in [-0.25, -0.2) is 13.8 Å². The van der Waals surface area contributed by atoms with Crippen molar-refractivity contribution in [3.63, 3.8) is 0 Å². The maximum atomic E-state index is 13.0. The van der Waals surface area contributed by atoms with Crippen molar-refractivity contribution < 1.29 is 13.6 Å². The molecule has 0 aliphatic heterocycles. The smallest absolute Gasteiger partial charge is 0.254 e. The van der Waals surface area contributed by atoms with Crippen molar-refractivity contribution in [2.45, 2.75) is 6.42 Å². The first-order valence-electron chi connectivity index (χ1n) is 6.00. The van der Waals surface area contributed by atoms with Crippen LogP contribution >= 0.6 is 27.5 Å². The lowest BCUT2D eigenvalue weighted by atomic mass is 10.1. The molecule has 0 spiro atoms. The van der Waals surface area contributed by atoms with E-state index in [0.717, 1.165) is 6.07 Å². The van der Waals surface area contributed by atoms with Crippen molar-refractivity contribution in [2.75, 3.05) is 6.54 Å². The highest BCUT2D eigenvalue weighted by molar-refractivity contribution is 9.10. The predicted octanol–water partition coefficient (Wildman–Crippen LogP) is 3.75. The Labute approximate surface area is 133 Å². The molecule has 0 aliphatic rings. The van der Waals surface area contributed by atoms with E-state index in [4.69, 9.17) is 11.6 Å². The van der Waals surface area contributed by atoms with Crippen LogP contribution in [0, 0.1) is 11.6 Å². The van der Waals surface area contributed by atoms with Crippen LogP contribution in [-0.2, 0) is 6.42 Å². The van der Waals surface area contributed by atoms with Crippen molar-refractivity contribution in [2.24, 2.45) is 0 Å². The van der Waals surface area contributed by atoms with E-state index in [9.17, 15) is 13.6 Å². The summed E-state index contributed by atoms with van der Waals surface area (Å²) in [5.74, 6) is -1.68. The summed E-state index contributed by atoms with van der Waals surface area (Å²) >= 11 is 9.04. The van der Waals surface area contributed by atoms with Gasteiger partial charge in [-0.2, -0.15) is 0 Å². The molecule has 1 aromatic heterocycles. The molecule has 1 amide bonds. The van der Waals surface area contributed by atoms with Crippen molar-refractivity contribution in [3.05, 3.63) is 62.8 Å². The number of halogens is 4. The van der Waals surface area contributed by atoms with E-state index in [0.29, 0.717) is 16.5 Å². The molecule has 0 unspecified atom stereocenters. The first-order chi connectivity index (χ1) is 9.95. The fourth-order valence-electron chi connectivity index (χ4n) is 1.75. The molecular formula is C14H10BrClF2N2O. The average molecular weight is 376 g/mol. The summed E-state index contributed by atoms with van der Waals surface area (Å²) in [5, 5.41) is 2.72. The fraction of sp³-hybridized carbons (Fsp3) is 0.143. The normalized spacial score (nSPS) is 10.5. The Balaban J connectivity index is 1.96. The van der Waals surface area contributed by atoms with Crippen LogP contribution in [0.25, 0.3) is 0 Å². The molecule has 0 aliphatic carbocycles. The molecule has 0 bridgehead atoms. The molecule has 0 radical (unpaired) electrons. The summed E-state index contributed by atoms with van der Waals surface area (Å²) in [4.78, 5) is 15.8. The van der Waals surface area contributed by atoms with Crippen LogP contribution in [0.2, 0.25) is 5.15 Å². The highest BCUT2D eigenvalue weighted by atomic mass is 79.9. The van der Waals surface area contributed by atoms with Crippen LogP contribution in [0.4, 0.5) is 8.78 Å². The summed E-state index contributed by atoms with van der Waals surface area (Å²) in [6.07, 6.45) is 1.79. The molecular weight excluding hydrogens is 366 g/mol. The standard InChI is InChI=1S/C14H10BrClF2N2O/c15-9-5-12(13(16)20-7-9)14(21)19-2-1-8-3-10(17)6-11(18)4-8/h3-7H,1-2H2,(H,19,21). The lowest BCUT2D eigenvalue weighted by Gasteiger charge is -2.07. The first kappa shape index (κ1) is 15.9. The van der Waals surface area contributed by atoms with Gasteiger partial charge >= 0.3 is 0 Å². The van der Waals surface area contributed by atoms with Crippen LogP contribution in [-0.4, -0.2) is 17.4 Å². The van der Waals surface area contributed by atoms with E-state index in [2.05, 4.69) is 26.2 Å². The van der Waals surface area contributed by atoms with Crippen LogP contribution < -0.4 is 5.32 Å². The second kappa shape index (κ2) is 6.95. The quantitative estimate of drug-likeness (QED) is 0.827.